The fourth-order valence-corrected chi connectivity index (χ4v) is 3.72. The van der Waals surface area contributed by atoms with Crippen LogP contribution < -0.4 is 15.0 Å². The van der Waals surface area contributed by atoms with E-state index in [1.54, 1.807) is 61.7 Å². The lowest BCUT2D eigenvalue weighted by Crippen LogP contribution is -2.23. The maximum absolute atomic E-state index is 13.1. The number of methoxy groups -OCH3 is 1. The summed E-state index contributed by atoms with van der Waals surface area (Å²) in [6.07, 6.45) is 1.49. The Bertz CT molecular complexity index is 1440. The molecule has 0 spiro atoms. The van der Waals surface area contributed by atoms with Gasteiger partial charge in [0.25, 0.3) is 5.56 Å². The third-order valence-corrected chi connectivity index (χ3v) is 5.60. The predicted octanol–water partition coefficient (Wildman–Crippen LogP) is 5.39. The number of carbonyl (C=O) groups is 1. The Morgan fingerprint density at radius 2 is 1.82 bits per heavy atom. The number of carbonyl (C=O) groups excluding carboxylic acids is 1. The first-order valence-electron chi connectivity index (χ1n) is 10.6. The maximum Gasteiger partial charge on any atom is 0.343 e. The molecule has 0 N–H and O–H groups in total. The lowest BCUT2D eigenvalue weighted by atomic mass is 10.2. The number of hydrogen-bond donors (Lipinski definition) is 0. The van der Waals surface area contributed by atoms with Crippen molar-refractivity contribution in [3.05, 3.63) is 98.5 Å². The monoisotopic (exact) mass is 519 g/mol. The molecule has 172 valence electrons. The molecule has 0 atom stereocenters. The molecule has 0 unspecified atom stereocenters. The van der Waals surface area contributed by atoms with Crippen molar-refractivity contribution in [2.45, 2.75) is 19.8 Å². The second-order valence-electron chi connectivity index (χ2n) is 7.80. The molecule has 4 aromatic rings. The Morgan fingerprint density at radius 3 is 2.53 bits per heavy atom. The van der Waals surface area contributed by atoms with Gasteiger partial charge < -0.3 is 9.47 Å². The molecule has 1 aromatic heterocycles. The van der Waals surface area contributed by atoms with Gasteiger partial charge in [-0.2, -0.15) is 9.78 Å². The summed E-state index contributed by atoms with van der Waals surface area (Å²) in [7, 11) is 1.56. The summed E-state index contributed by atoms with van der Waals surface area (Å²) in [4.78, 5) is 30.5. The van der Waals surface area contributed by atoms with E-state index < -0.39 is 5.97 Å². The standard InChI is InChI=1S/C26H22BrN3O4/c1-16(2)24-29-22-7-5-4-6-21(22)25(31)30(24)28-15-18-14-19(27)10-13-23(18)34-26(32)17-8-11-20(33-3)12-9-17/h4-16H,1-3H3. The molecule has 0 amide bonds. The highest BCUT2D eigenvalue weighted by atomic mass is 79.9. The Balaban J connectivity index is 1.71. The fourth-order valence-electron chi connectivity index (χ4n) is 3.35. The van der Waals surface area contributed by atoms with E-state index in [2.05, 4.69) is 26.0 Å². The Labute approximate surface area is 204 Å². The summed E-state index contributed by atoms with van der Waals surface area (Å²) in [5, 5.41) is 4.92. The summed E-state index contributed by atoms with van der Waals surface area (Å²) in [6, 6.07) is 19.0. The van der Waals surface area contributed by atoms with Crippen LogP contribution in [0.15, 0.2) is 81.1 Å². The van der Waals surface area contributed by atoms with E-state index in [0.29, 0.717) is 39.4 Å². The van der Waals surface area contributed by atoms with Crippen LogP contribution >= 0.6 is 15.9 Å². The molecular weight excluding hydrogens is 498 g/mol. The number of fused-ring (bicyclic) bond motifs is 1. The minimum absolute atomic E-state index is 0.0377. The van der Waals surface area contributed by atoms with Crippen molar-refractivity contribution in [3.63, 3.8) is 0 Å². The van der Waals surface area contributed by atoms with Crippen LogP contribution in [0.2, 0.25) is 0 Å². The molecule has 8 heteroatoms. The van der Waals surface area contributed by atoms with Crippen LogP contribution in [0, 0.1) is 0 Å². The van der Waals surface area contributed by atoms with E-state index in [-0.39, 0.29) is 11.5 Å². The maximum atomic E-state index is 13.1. The van der Waals surface area contributed by atoms with E-state index in [9.17, 15) is 9.59 Å². The molecule has 3 aromatic carbocycles. The van der Waals surface area contributed by atoms with E-state index in [1.165, 1.54) is 10.9 Å². The molecule has 0 saturated heterocycles. The summed E-state index contributed by atoms with van der Waals surface area (Å²) in [5.41, 5.74) is 1.26. The minimum Gasteiger partial charge on any atom is -0.497 e. The number of para-hydroxylation sites is 1. The highest BCUT2D eigenvalue weighted by molar-refractivity contribution is 9.10. The normalized spacial score (nSPS) is 11.3. The van der Waals surface area contributed by atoms with Gasteiger partial charge in [0.15, 0.2) is 0 Å². The van der Waals surface area contributed by atoms with Crippen molar-refractivity contribution < 1.29 is 14.3 Å². The number of ether oxygens (including phenoxy) is 2. The van der Waals surface area contributed by atoms with Crippen molar-refractivity contribution in [2.75, 3.05) is 7.11 Å². The van der Waals surface area contributed by atoms with Gasteiger partial charge in [0.05, 0.1) is 29.8 Å². The van der Waals surface area contributed by atoms with E-state index in [4.69, 9.17) is 9.47 Å². The highest BCUT2D eigenvalue weighted by Gasteiger charge is 2.15. The zero-order chi connectivity index (χ0) is 24.2. The summed E-state index contributed by atoms with van der Waals surface area (Å²) >= 11 is 3.44. The van der Waals surface area contributed by atoms with Crippen LogP contribution in [0.3, 0.4) is 0 Å². The molecule has 0 saturated carbocycles. The molecular formula is C26H22BrN3O4. The van der Waals surface area contributed by atoms with Gasteiger partial charge in [-0.15, -0.1) is 0 Å². The molecule has 0 aliphatic heterocycles. The Kier molecular flexibility index (Phi) is 6.88. The molecule has 0 aliphatic carbocycles. The van der Waals surface area contributed by atoms with Crippen LogP contribution in [0.1, 0.15) is 41.5 Å². The Hall–Kier alpha value is -3.78. The van der Waals surface area contributed by atoms with Crippen LogP contribution in [0.5, 0.6) is 11.5 Å². The number of nitrogens with zero attached hydrogens (tertiary/aromatic N) is 3. The van der Waals surface area contributed by atoms with Crippen LogP contribution in [-0.4, -0.2) is 29.0 Å². The molecule has 0 fully saturated rings. The highest BCUT2D eigenvalue weighted by Crippen LogP contribution is 2.24. The van der Waals surface area contributed by atoms with E-state index in [1.807, 2.05) is 26.0 Å². The molecule has 0 bridgehead atoms. The smallest absolute Gasteiger partial charge is 0.343 e. The lowest BCUT2D eigenvalue weighted by molar-refractivity contribution is 0.0734. The van der Waals surface area contributed by atoms with Crippen LogP contribution in [-0.2, 0) is 0 Å². The average molecular weight is 520 g/mol. The molecule has 0 aliphatic rings. The number of halogens is 1. The topological polar surface area (TPSA) is 82.8 Å². The van der Waals surface area contributed by atoms with Crippen molar-refractivity contribution in [1.82, 2.24) is 9.66 Å². The van der Waals surface area contributed by atoms with Gasteiger partial charge in [-0.25, -0.2) is 9.78 Å². The van der Waals surface area contributed by atoms with E-state index in [0.717, 1.165) is 4.47 Å². The number of benzene rings is 3. The Morgan fingerprint density at radius 1 is 1.09 bits per heavy atom. The first-order chi connectivity index (χ1) is 16.4. The molecule has 7 nitrogen and oxygen atoms in total. The summed E-state index contributed by atoms with van der Waals surface area (Å²) in [5.74, 6) is 0.923. The SMILES string of the molecule is COc1ccc(C(=O)Oc2ccc(Br)cc2C=Nn2c(C(C)C)nc3ccccc3c2=O)cc1. The second-order valence-corrected chi connectivity index (χ2v) is 8.72. The lowest BCUT2D eigenvalue weighted by Gasteiger charge is -2.12. The first kappa shape index (κ1) is 23.4. The number of rotatable bonds is 6. The zero-order valence-electron chi connectivity index (χ0n) is 18.9. The van der Waals surface area contributed by atoms with Gasteiger partial charge in [-0.1, -0.05) is 41.9 Å². The number of esters is 1. The molecule has 1 heterocycles. The molecule has 4 rings (SSSR count). The quantitative estimate of drug-likeness (QED) is 0.193. The van der Waals surface area contributed by atoms with Gasteiger partial charge in [-0.3, -0.25) is 4.79 Å². The summed E-state index contributed by atoms with van der Waals surface area (Å²) < 4.78 is 12.8. The van der Waals surface area contributed by atoms with E-state index >= 15 is 0 Å². The first-order valence-corrected chi connectivity index (χ1v) is 11.4. The van der Waals surface area contributed by atoms with Crippen molar-refractivity contribution >= 4 is 39.0 Å². The van der Waals surface area contributed by atoms with Crippen LogP contribution in [0.25, 0.3) is 10.9 Å². The third kappa shape index (κ3) is 4.92. The van der Waals surface area contributed by atoms with Crippen LogP contribution in [0.4, 0.5) is 0 Å². The summed E-state index contributed by atoms with van der Waals surface area (Å²) in [6.45, 7) is 3.90. The minimum atomic E-state index is -0.521. The van der Waals surface area contributed by atoms with Gasteiger partial charge >= 0.3 is 5.97 Å². The van der Waals surface area contributed by atoms with Gasteiger partial charge in [0, 0.05) is 16.0 Å². The second kappa shape index (κ2) is 10.0. The molecule has 0 radical (unpaired) electrons. The average Bonchev–Trinajstić information content (AvgIpc) is 2.84. The fraction of sp³-hybridized carbons (Fsp3) is 0.154. The van der Waals surface area contributed by atoms with Crippen molar-refractivity contribution in [3.8, 4) is 11.5 Å². The predicted molar refractivity (Wildman–Crippen MR) is 135 cm³/mol. The van der Waals surface area contributed by atoms with Crippen molar-refractivity contribution in [1.29, 1.82) is 0 Å². The number of aromatic nitrogens is 2. The number of hydrogen-bond acceptors (Lipinski definition) is 6. The van der Waals surface area contributed by atoms with Gasteiger partial charge in [0.2, 0.25) is 0 Å². The van der Waals surface area contributed by atoms with Crippen molar-refractivity contribution in [2.24, 2.45) is 5.10 Å². The van der Waals surface area contributed by atoms with Gasteiger partial charge in [-0.05, 0) is 54.6 Å². The largest absolute Gasteiger partial charge is 0.497 e. The third-order valence-electron chi connectivity index (χ3n) is 5.11. The van der Waals surface area contributed by atoms with Gasteiger partial charge in [0.1, 0.15) is 17.3 Å². The molecule has 34 heavy (non-hydrogen) atoms. The zero-order valence-corrected chi connectivity index (χ0v) is 20.4.